The number of nitrogens with zero attached hydrogens (tertiary/aromatic N) is 1. The molecule has 0 bridgehead atoms. The Morgan fingerprint density at radius 2 is 2.05 bits per heavy atom. The number of hydrogen-bond donors (Lipinski definition) is 0. The molecule has 1 aliphatic rings. The highest BCUT2D eigenvalue weighted by Gasteiger charge is 2.18. The monoisotopic (exact) mass is 259 g/mol. The van der Waals surface area contributed by atoms with Gasteiger partial charge in [0, 0.05) is 25.1 Å². The molecule has 1 heterocycles. The zero-order chi connectivity index (χ0) is 13.7. The van der Waals surface area contributed by atoms with E-state index in [1.807, 2.05) is 37.4 Å². The second kappa shape index (κ2) is 6.53. The second-order valence-corrected chi connectivity index (χ2v) is 5.00. The van der Waals surface area contributed by atoms with Crippen molar-refractivity contribution in [2.24, 2.45) is 0 Å². The molecule has 1 aromatic rings. The molecule has 0 atom stereocenters. The Kier molecular flexibility index (Phi) is 4.74. The van der Waals surface area contributed by atoms with E-state index in [1.165, 1.54) is 0 Å². The number of carbonyl (C=O) groups is 1. The maximum absolute atomic E-state index is 11.8. The lowest BCUT2D eigenvalue weighted by Crippen LogP contribution is -2.32. The minimum absolute atomic E-state index is 0.268. The number of benzene rings is 1. The summed E-state index contributed by atoms with van der Waals surface area (Å²) in [5.74, 6) is 1.15. The maximum atomic E-state index is 11.8. The summed E-state index contributed by atoms with van der Waals surface area (Å²) >= 11 is 0. The Bertz CT molecular complexity index is 462. The molecule has 3 nitrogen and oxygen atoms in total. The number of rotatable bonds is 4. The van der Waals surface area contributed by atoms with Gasteiger partial charge in [-0.1, -0.05) is 19.1 Å². The van der Waals surface area contributed by atoms with Gasteiger partial charge in [-0.3, -0.25) is 4.79 Å². The normalized spacial score (nSPS) is 18.8. The molecule has 3 heteroatoms. The summed E-state index contributed by atoms with van der Waals surface area (Å²) in [6.45, 7) is 4.43. The van der Waals surface area contributed by atoms with Gasteiger partial charge < -0.3 is 9.64 Å². The summed E-state index contributed by atoms with van der Waals surface area (Å²) < 4.78 is 5.54. The lowest BCUT2D eigenvalue weighted by atomic mass is 10.0. The summed E-state index contributed by atoms with van der Waals surface area (Å²) in [7, 11) is 2.04. The van der Waals surface area contributed by atoms with Crippen LogP contribution in [0.25, 0.3) is 6.08 Å². The fraction of sp³-hybridized carbons (Fsp3) is 0.438. The van der Waals surface area contributed by atoms with Crippen LogP contribution < -0.4 is 4.74 Å². The number of ketones is 1. The van der Waals surface area contributed by atoms with Crippen molar-refractivity contribution in [3.05, 3.63) is 35.4 Å². The van der Waals surface area contributed by atoms with Crippen LogP contribution >= 0.6 is 0 Å². The Hall–Kier alpha value is -1.61. The minimum atomic E-state index is 0.268. The highest BCUT2D eigenvalue weighted by atomic mass is 16.5. The Labute approximate surface area is 114 Å². The van der Waals surface area contributed by atoms with E-state index < -0.39 is 0 Å². The number of hydrogen-bond acceptors (Lipinski definition) is 3. The van der Waals surface area contributed by atoms with Crippen LogP contribution in [0.1, 0.15) is 25.3 Å². The number of likely N-dealkylation sites (N-methyl/N-ethyl adjacent to an activating group) is 1. The molecule has 102 valence electrons. The lowest BCUT2D eigenvalue weighted by molar-refractivity contribution is -0.117. The smallest absolute Gasteiger partial charge is 0.161 e. The average molecular weight is 259 g/mol. The fourth-order valence-electron chi connectivity index (χ4n) is 2.12. The van der Waals surface area contributed by atoms with Crippen LogP contribution in [0.4, 0.5) is 0 Å². The molecule has 2 rings (SSSR count). The van der Waals surface area contributed by atoms with E-state index in [4.69, 9.17) is 4.74 Å². The highest BCUT2D eigenvalue weighted by Crippen LogP contribution is 2.18. The molecular formula is C16H21NO2. The zero-order valence-electron chi connectivity index (χ0n) is 11.7. The van der Waals surface area contributed by atoms with E-state index in [9.17, 15) is 4.79 Å². The van der Waals surface area contributed by atoms with E-state index in [-0.39, 0.29) is 5.78 Å². The van der Waals surface area contributed by atoms with Crippen molar-refractivity contribution in [3.63, 3.8) is 0 Å². The maximum Gasteiger partial charge on any atom is 0.161 e. The van der Waals surface area contributed by atoms with Crippen LogP contribution in [0.2, 0.25) is 0 Å². The molecule has 0 radical (unpaired) electrons. The van der Waals surface area contributed by atoms with Crippen LogP contribution in [0.3, 0.4) is 0 Å². The van der Waals surface area contributed by atoms with Crippen LogP contribution in [-0.4, -0.2) is 37.4 Å². The number of carbonyl (C=O) groups excluding carboxylic acids is 1. The number of ether oxygens (including phenoxy) is 1. The summed E-state index contributed by atoms with van der Waals surface area (Å²) in [6, 6.07) is 7.91. The van der Waals surface area contributed by atoms with Gasteiger partial charge in [0.05, 0.1) is 6.61 Å². The molecule has 1 fully saturated rings. The summed E-state index contributed by atoms with van der Waals surface area (Å²) in [4.78, 5) is 14.0. The van der Waals surface area contributed by atoms with Crippen molar-refractivity contribution in [1.82, 2.24) is 4.90 Å². The van der Waals surface area contributed by atoms with Crippen LogP contribution in [0.5, 0.6) is 5.75 Å². The SMILES string of the molecule is CCCOc1ccc(/C=C2\CN(C)CCC2=O)cc1. The third-order valence-corrected chi connectivity index (χ3v) is 3.21. The Morgan fingerprint density at radius 3 is 2.74 bits per heavy atom. The van der Waals surface area contributed by atoms with E-state index in [1.54, 1.807) is 0 Å². The molecular weight excluding hydrogens is 238 g/mol. The van der Waals surface area contributed by atoms with Gasteiger partial charge in [0.2, 0.25) is 0 Å². The first-order chi connectivity index (χ1) is 9.19. The average Bonchev–Trinajstić information content (AvgIpc) is 2.42. The van der Waals surface area contributed by atoms with E-state index in [0.29, 0.717) is 6.42 Å². The molecule has 0 saturated carbocycles. The molecule has 1 aromatic carbocycles. The predicted octanol–water partition coefficient (Wildman–Crippen LogP) is 2.76. The quantitative estimate of drug-likeness (QED) is 0.779. The van der Waals surface area contributed by atoms with Gasteiger partial charge >= 0.3 is 0 Å². The van der Waals surface area contributed by atoms with Crippen molar-refractivity contribution in [3.8, 4) is 5.75 Å². The lowest BCUT2D eigenvalue weighted by Gasteiger charge is -2.23. The van der Waals surface area contributed by atoms with Crippen molar-refractivity contribution in [2.45, 2.75) is 19.8 Å². The van der Waals surface area contributed by atoms with Gasteiger partial charge in [0.25, 0.3) is 0 Å². The van der Waals surface area contributed by atoms with Crippen molar-refractivity contribution in [1.29, 1.82) is 0 Å². The van der Waals surface area contributed by atoms with Crippen LogP contribution in [0, 0.1) is 0 Å². The van der Waals surface area contributed by atoms with Gasteiger partial charge in [0.15, 0.2) is 5.78 Å². The molecule has 0 amide bonds. The van der Waals surface area contributed by atoms with E-state index >= 15 is 0 Å². The first-order valence-electron chi connectivity index (χ1n) is 6.84. The second-order valence-electron chi connectivity index (χ2n) is 5.00. The van der Waals surface area contributed by atoms with Gasteiger partial charge in [-0.05, 0) is 37.2 Å². The Morgan fingerprint density at radius 1 is 1.32 bits per heavy atom. The van der Waals surface area contributed by atoms with Crippen LogP contribution in [0.15, 0.2) is 29.8 Å². The number of piperidine rings is 1. The largest absolute Gasteiger partial charge is 0.494 e. The third-order valence-electron chi connectivity index (χ3n) is 3.21. The van der Waals surface area contributed by atoms with Gasteiger partial charge in [-0.2, -0.15) is 0 Å². The third kappa shape index (κ3) is 3.93. The summed E-state index contributed by atoms with van der Waals surface area (Å²) in [5.41, 5.74) is 1.96. The fourth-order valence-corrected chi connectivity index (χ4v) is 2.12. The Balaban J connectivity index is 2.07. The van der Waals surface area contributed by atoms with Gasteiger partial charge in [-0.25, -0.2) is 0 Å². The number of likely N-dealkylation sites (tertiary alicyclic amines) is 1. The van der Waals surface area contributed by atoms with Crippen LogP contribution in [-0.2, 0) is 4.79 Å². The standard InChI is InChI=1S/C16H21NO2/c1-3-10-19-15-6-4-13(5-7-15)11-14-12-17(2)9-8-16(14)18/h4-7,11H,3,8-10,12H2,1-2H3/b14-11+. The zero-order valence-corrected chi connectivity index (χ0v) is 11.7. The molecule has 1 aliphatic heterocycles. The van der Waals surface area contributed by atoms with Gasteiger partial charge in [0.1, 0.15) is 5.75 Å². The minimum Gasteiger partial charge on any atom is -0.494 e. The summed E-state index contributed by atoms with van der Waals surface area (Å²) in [5, 5.41) is 0. The molecule has 0 aromatic heterocycles. The molecule has 1 saturated heterocycles. The highest BCUT2D eigenvalue weighted by molar-refractivity contribution is 6.00. The molecule has 0 aliphatic carbocycles. The first kappa shape index (κ1) is 13.8. The van der Waals surface area contributed by atoms with Crippen molar-refractivity contribution >= 4 is 11.9 Å². The molecule has 0 N–H and O–H groups in total. The predicted molar refractivity (Wildman–Crippen MR) is 77.3 cm³/mol. The van der Waals surface area contributed by atoms with E-state index in [0.717, 1.165) is 43.0 Å². The molecule has 0 spiro atoms. The molecule has 0 unspecified atom stereocenters. The van der Waals surface area contributed by atoms with Crippen molar-refractivity contribution < 1.29 is 9.53 Å². The topological polar surface area (TPSA) is 29.5 Å². The van der Waals surface area contributed by atoms with Gasteiger partial charge in [-0.15, -0.1) is 0 Å². The van der Waals surface area contributed by atoms with Crippen molar-refractivity contribution in [2.75, 3.05) is 26.7 Å². The van der Waals surface area contributed by atoms with E-state index in [2.05, 4.69) is 11.8 Å². The number of Topliss-reactive ketones (excluding diaryl/α,β-unsaturated/α-hetero) is 1. The molecule has 19 heavy (non-hydrogen) atoms. The summed E-state index contributed by atoms with van der Waals surface area (Å²) in [6.07, 6.45) is 3.62. The first-order valence-corrected chi connectivity index (χ1v) is 6.84.